The fraction of sp³-hybridized carbons (Fsp3) is 0.0769. The maximum absolute atomic E-state index is 6.20. The van der Waals surface area contributed by atoms with Crippen molar-refractivity contribution in [3.05, 3.63) is 57.5 Å². The van der Waals surface area contributed by atoms with Crippen molar-refractivity contribution < 1.29 is 0 Å². The second-order valence-electron chi connectivity index (χ2n) is 3.49. The molecule has 0 saturated carbocycles. The van der Waals surface area contributed by atoms with Crippen LogP contribution in [-0.2, 0) is 6.54 Å². The number of hydrogen-bond donors (Lipinski definition) is 1. The van der Waals surface area contributed by atoms with Crippen molar-refractivity contribution in [3.63, 3.8) is 0 Å². The van der Waals surface area contributed by atoms with E-state index >= 15 is 0 Å². The monoisotopic (exact) mass is 327 g/mol. The van der Waals surface area contributed by atoms with Gasteiger partial charge in [-0.05, 0) is 35.9 Å². The molecule has 0 heterocycles. The molecule has 1 nitrogen and oxygen atoms in total. The van der Waals surface area contributed by atoms with Gasteiger partial charge in [0.15, 0.2) is 0 Å². The molecule has 0 atom stereocenters. The van der Waals surface area contributed by atoms with Crippen LogP contribution in [0.4, 0.5) is 0 Å². The average molecular weight is 329 g/mol. The molecular weight excluding hydrogens is 318 g/mol. The zero-order chi connectivity index (χ0) is 12.3. The van der Waals surface area contributed by atoms with Crippen LogP contribution in [0.3, 0.4) is 0 Å². The number of rotatable bonds is 3. The minimum atomic E-state index is 0.499. The first-order valence-corrected chi connectivity index (χ1v) is 7.10. The van der Waals surface area contributed by atoms with Gasteiger partial charge in [-0.25, -0.2) is 0 Å². The van der Waals surface area contributed by atoms with E-state index in [1.165, 1.54) is 0 Å². The van der Waals surface area contributed by atoms with Gasteiger partial charge in [0.2, 0.25) is 0 Å². The molecule has 0 spiro atoms. The summed E-state index contributed by atoms with van der Waals surface area (Å²) in [7, 11) is 0. The number of halogens is 2. The third-order valence-electron chi connectivity index (χ3n) is 2.30. The fourth-order valence-electron chi connectivity index (χ4n) is 1.45. The van der Waals surface area contributed by atoms with Crippen molar-refractivity contribution in [1.29, 1.82) is 0 Å². The number of nitrogens with two attached hydrogens (primary N) is 1. The SMILES string of the molecule is NCc1cccc(Cl)c1Sc1ccc(Br)cc1. The van der Waals surface area contributed by atoms with Gasteiger partial charge in [-0.15, -0.1) is 0 Å². The summed E-state index contributed by atoms with van der Waals surface area (Å²) in [6.07, 6.45) is 0. The predicted octanol–water partition coefficient (Wildman–Crippen LogP) is 4.71. The summed E-state index contributed by atoms with van der Waals surface area (Å²) in [6.45, 7) is 0.499. The molecule has 0 amide bonds. The number of hydrogen-bond acceptors (Lipinski definition) is 2. The normalized spacial score (nSPS) is 10.5. The topological polar surface area (TPSA) is 26.0 Å². The first kappa shape index (κ1) is 13.0. The molecule has 0 aliphatic rings. The van der Waals surface area contributed by atoms with E-state index in [4.69, 9.17) is 17.3 Å². The van der Waals surface area contributed by atoms with E-state index in [2.05, 4.69) is 28.1 Å². The Hall–Kier alpha value is -0.480. The summed E-state index contributed by atoms with van der Waals surface area (Å²) in [6, 6.07) is 14.0. The molecule has 2 aromatic carbocycles. The van der Waals surface area contributed by atoms with Crippen LogP contribution < -0.4 is 5.73 Å². The minimum Gasteiger partial charge on any atom is -0.326 e. The van der Waals surface area contributed by atoms with Crippen LogP contribution in [0.15, 0.2) is 56.7 Å². The summed E-state index contributed by atoms with van der Waals surface area (Å²) in [5.41, 5.74) is 6.79. The van der Waals surface area contributed by atoms with Crippen molar-refractivity contribution in [2.24, 2.45) is 5.73 Å². The van der Waals surface area contributed by atoms with E-state index in [9.17, 15) is 0 Å². The van der Waals surface area contributed by atoms with E-state index in [0.717, 1.165) is 24.8 Å². The van der Waals surface area contributed by atoms with Gasteiger partial charge in [0.25, 0.3) is 0 Å². The van der Waals surface area contributed by atoms with Gasteiger partial charge < -0.3 is 5.73 Å². The lowest BCUT2D eigenvalue weighted by Crippen LogP contribution is -1.98. The smallest absolute Gasteiger partial charge is 0.0548 e. The van der Waals surface area contributed by atoms with Gasteiger partial charge in [-0.1, -0.05) is 51.4 Å². The lowest BCUT2D eigenvalue weighted by Gasteiger charge is -2.09. The Morgan fingerprint density at radius 1 is 1.12 bits per heavy atom. The van der Waals surface area contributed by atoms with Crippen LogP contribution in [-0.4, -0.2) is 0 Å². The molecular formula is C13H11BrClNS. The molecule has 2 N–H and O–H groups in total. The highest BCUT2D eigenvalue weighted by atomic mass is 79.9. The van der Waals surface area contributed by atoms with Crippen molar-refractivity contribution >= 4 is 39.3 Å². The highest BCUT2D eigenvalue weighted by Gasteiger charge is 2.07. The molecule has 0 saturated heterocycles. The van der Waals surface area contributed by atoms with Crippen molar-refractivity contribution in [3.8, 4) is 0 Å². The Labute approximate surface area is 118 Å². The summed E-state index contributed by atoms with van der Waals surface area (Å²) in [5.74, 6) is 0. The van der Waals surface area contributed by atoms with E-state index in [1.54, 1.807) is 11.8 Å². The van der Waals surface area contributed by atoms with Crippen molar-refractivity contribution in [2.75, 3.05) is 0 Å². The molecule has 0 aromatic heterocycles. The molecule has 88 valence electrons. The Balaban J connectivity index is 2.32. The molecule has 2 aromatic rings. The molecule has 0 aliphatic heterocycles. The zero-order valence-corrected chi connectivity index (χ0v) is 12.1. The van der Waals surface area contributed by atoms with Crippen LogP contribution in [0.5, 0.6) is 0 Å². The lowest BCUT2D eigenvalue weighted by molar-refractivity contribution is 1.03. The molecule has 0 radical (unpaired) electrons. The fourth-order valence-corrected chi connectivity index (χ4v) is 2.98. The maximum atomic E-state index is 6.20. The van der Waals surface area contributed by atoms with Crippen LogP contribution in [0.1, 0.15) is 5.56 Å². The summed E-state index contributed by atoms with van der Waals surface area (Å²) in [4.78, 5) is 2.19. The first-order valence-electron chi connectivity index (χ1n) is 5.11. The van der Waals surface area contributed by atoms with Gasteiger partial charge in [-0.2, -0.15) is 0 Å². The first-order chi connectivity index (χ1) is 8.20. The van der Waals surface area contributed by atoms with Crippen LogP contribution in [0.2, 0.25) is 5.02 Å². The zero-order valence-electron chi connectivity index (χ0n) is 8.99. The Morgan fingerprint density at radius 2 is 1.82 bits per heavy atom. The second-order valence-corrected chi connectivity index (χ2v) is 5.89. The van der Waals surface area contributed by atoms with Crippen molar-refractivity contribution in [2.45, 2.75) is 16.3 Å². The molecule has 4 heteroatoms. The van der Waals surface area contributed by atoms with Crippen LogP contribution >= 0.6 is 39.3 Å². The van der Waals surface area contributed by atoms with E-state index in [0.29, 0.717) is 6.54 Å². The summed E-state index contributed by atoms with van der Waals surface area (Å²) >= 11 is 11.3. The van der Waals surface area contributed by atoms with Gasteiger partial charge in [0, 0.05) is 20.8 Å². The van der Waals surface area contributed by atoms with Crippen molar-refractivity contribution in [1.82, 2.24) is 0 Å². The van der Waals surface area contributed by atoms with Gasteiger partial charge in [0.05, 0.1) is 5.02 Å². The predicted molar refractivity (Wildman–Crippen MR) is 77.6 cm³/mol. The summed E-state index contributed by atoms with van der Waals surface area (Å²) in [5, 5.41) is 0.751. The number of benzene rings is 2. The average Bonchev–Trinajstić information content (AvgIpc) is 2.34. The summed E-state index contributed by atoms with van der Waals surface area (Å²) < 4.78 is 1.07. The second kappa shape index (κ2) is 5.91. The highest BCUT2D eigenvalue weighted by Crippen LogP contribution is 2.36. The Morgan fingerprint density at radius 3 is 2.47 bits per heavy atom. The minimum absolute atomic E-state index is 0.499. The molecule has 2 rings (SSSR count). The lowest BCUT2D eigenvalue weighted by atomic mass is 10.2. The van der Waals surface area contributed by atoms with E-state index in [-0.39, 0.29) is 0 Å². The van der Waals surface area contributed by atoms with Gasteiger partial charge in [0.1, 0.15) is 0 Å². The molecule has 17 heavy (non-hydrogen) atoms. The highest BCUT2D eigenvalue weighted by molar-refractivity contribution is 9.10. The van der Waals surface area contributed by atoms with Gasteiger partial charge >= 0.3 is 0 Å². The maximum Gasteiger partial charge on any atom is 0.0548 e. The Kier molecular flexibility index (Phi) is 4.51. The molecule has 0 bridgehead atoms. The van der Waals surface area contributed by atoms with E-state index < -0.39 is 0 Å². The van der Waals surface area contributed by atoms with Gasteiger partial charge in [-0.3, -0.25) is 0 Å². The van der Waals surface area contributed by atoms with Crippen LogP contribution in [0, 0.1) is 0 Å². The largest absolute Gasteiger partial charge is 0.326 e. The third kappa shape index (κ3) is 3.26. The molecule has 0 fully saturated rings. The van der Waals surface area contributed by atoms with E-state index in [1.807, 2.05) is 30.3 Å². The quantitative estimate of drug-likeness (QED) is 0.883. The standard InChI is InChI=1S/C13H11BrClNS/c14-10-4-6-11(7-5-10)17-13-9(8-16)2-1-3-12(13)15/h1-7H,8,16H2. The molecule has 0 aliphatic carbocycles. The third-order valence-corrected chi connectivity index (χ3v) is 4.45. The molecule has 0 unspecified atom stereocenters. The van der Waals surface area contributed by atoms with Crippen LogP contribution in [0.25, 0.3) is 0 Å². The Bertz CT molecular complexity index is 513.